The molecule has 1 fully saturated rings. The van der Waals surface area contributed by atoms with E-state index in [1.54, 1.807) is 23.1 Å². The van der Waals surface area contributed by atoms with Crippen molar-refractivity contribution < 1.29 is 18.7 Å². The largest absolute Gasteiger partial charge is 0.375 e. The summed E-state index contributed by atoms with van der Waals surface area (Å²) in [5, 5.41) is 2.82. The molecule has 1 aliphatic rings. The minimum absolute atomic E-state index is 0.0219. The average molecular weight is 398 g/mol. The average Bonchev–Trinajstić information content (AvgIpc) is 2.72. The van der Waals surface area contributed by atoms with Crippen molar-refractivity contribution in [2.24, 2.45) is 5.92 Å². The summed E-state index contributed by atoms with van der Waals surface area (Å²) in [5.41, 5.74) is 2.65. The molecule has 0 saturated carbocycles. The molecular formula is C23H27FN2O3. The van der Waals surface area contributed by atoms with Gasteiger partial charge in [0.2, 0.25) is 11.8 Å². The molecule has 0 spiro atoms. The highest BCUT2D eigenvalue weighted by molar-refractivity contribution is 5.82. The fourth-order valence-corrected chi connectivity index (χ4v) is 3.86. The van der Waals surface area contributed by atoms with Crippen molar-refractivity contribution in [3.8, 4) is 0 Å². The van der Waals surface area contributed by atoms with E-state index in [0.717, 1.165) is 11.1 Å². The summed E-state index contributed by atoms with van der Waals surface area (Å²) in [5.74, 6) is -0.965. The molecule has 29 heavy (non-hydrogen) atoms. The Balaban J connectivity index is 1.70. The smallest absolute Gasteiger partial charge is 0.249 e. The second kappa shape index (κ2) is 9.65. The van der Waals surface area contributed by atoms with E-state index in [-0.39, 0.29) is 42.7 Å². The number of piperidine rings is 1. The third-order valence-corrected chi connectivity index (χ3v) is 5.38. The van der Waals surface area contributed by atoms with Crippen LogP contribution in [0.1, 0.15) is 35.6 Å². The number of nitrogens with zero attached hydrogens (tertiary/aromatic N) is 1. The fraction of sp³-hybridized carbons (Fsp3) is 0.391. The van der Waals surface area contributed by atoms with Crippen molar-refractivity contribution in [1.29, 1.82) is 0 Å². The van der Waals surface area contributed by atoms with Crippen LogP contribution in [-0.2, 0) is 20.9 Å². The predicted molar refractivity (Wildman–Crippen MR) is 108 cm³/mol. The van der Waals surface area contributed by atoms with E-state index in [2.05, 4.69) is 11.4 Å². The SMILES string of the molecule is COCC(=O)N1CC(C(=O)NCc2ccccc2F)CCC1c1cccc(C)c1. The van der Waals surface area contributed by atoms with Gasteiger partial charge in [0.25, 0.3) is 0 Å². The number of rotatable bonds is 6. The van der Waals surface area contributed by atoms with Gasteiger partial charge in [0, 0.05) is 25.8 Å². The number of hydrogen-bond acceptors (Lipinski definition) is 3. The van der Waals surface area contributed by atoms with E-state index in [4.69, 9.17) is 4.74 Å². The first-order valence-electron chi connectivity index (χ1n) is 9.85. The maximum atomic E-state index is 13.8. The molecule has 2 aromatic rings. The Morgan fingerprint density at radius 1 is 1.17 bits per heavy atom. The van der Waals surface area contributed by atoms with E-state index in [9.17, 15) is 14.0 Å². The van der Waals surface area contributed by atoms with Gasteiger partial charge in [0.1, 0.15) is 12.4 Å². The lowest BCUT2D eigenvalue weighted by Gasteiger charge is -2.39. The van der Waals surface area contributed by atoms with Gasteiger partial charge in [0.15, 0.2) is 0 Å². The molecule has 6 heteroatoms. The highest BCUT2D eigenvalue weighted by atomic mass is 19.1. The normalized spacial score (nSPS) is 19.1. The summed E-state index contributed by atoms with van der Waals surface area (Å²) < 4.78 is 18.8. The molecule has 0 aromatic heterocycles. The van der Waals surface area contributed by atoms with Crippen molar-refractivity contribution in [3.05, 3.63) is 71.0 Å². The Morgan fingerprint density at radius 3 is 2.69 bits per heavy atom. The van der Waals surface area contributed by atoms with Gasteiger partial charge in [-0.05, 0) is 31.4 Å². The van der Waals surface area contributed by atoms with Gasteiger partial charge in [-0.1, -0.05) is 48.0 Å². The van der Waals surface area contributed by atoms with Crippen LogP contribution in [0.25, 0.3) is 0 Å². The number of aryl methyl sites for hydroxylation is 1. The lowest BCUT2D eigenvalue weighted by atomic mass is 9.88. The molecule has 0 bridgehead atoms. The number of carbonyl (C=O) groups excluding carboxylic acids is 2. The molecule has 1 heterocycles. The van der Waals surface area contributed by atoms with Crippen LogP contribution >= 0.6 is 0 Å². The molecule has 2 atom stereocenters. The summed E-state index contributed by atoms with van der Waals surface area (Å²) in [6.07, 6.45) is 1.36. The maximum absolute atomic E-state index is 13.8. The molecule has 5 nitrogen and oxygen atoms in total. The lowest BCUT2D eigenvalue weighted by molar-refractivity contribution is -0.142. The summed E-state index contributed by atoms with van der Waals surface area (Å²) in [4.78, 5) is 27.1. The number of halogens is 1. The van der Waals surface area contributed by atoms with Crippen LogP contribution in [0, 0.1) is 18.7 Å². The number of methoxy groups -OCH3 is 1. The molecule has 2 unspecified atom stereocenters. The monoisotopic (exact) mass is 398 g/mol. The number of ether oxygens (including phenoxy) is 1. The Hall–Kier alpha value is -2.73. The second-order valence-electron chi connectivity index (χ2n) is 7.49. The Labute approximate surface area is 170 Å². The van der Waals surface area contributed by atoms with Gasteiger partial charge in [-0.15, -0.1) is 0 Å². The van der Waals surface area contributed by atoms with Gasteiger partial charge < -0.3 is 15.0 Å². The highest BCUT2D eigenvalue weighted by Gasteiger charge is 2.35. The Bertz CT molecular complexity index is 871. The molecule has 1 N–H and O–H groups in total. The molecule has 0 radical (unpaired) electrons. The third kappa shape index (κ3) is 5.21. The minimum Gasteiger partial charge on any atom is -0.375 e. The van der Waals surface area contributed by atoms with Crippen LogP contribution in [0.5, 0.6) is 0 Å². The number of benzene rings is 2. The van der Waals surface area contributed by atoms with Crippen LogP contribution in [0.3, 0.4) is 0 Å². The summed E-state index contributed by atoms with van der Waals surface area (Å²) in [7, 11) is 1.49. The van der Waals surface area contributed by atoms with Crippen molar-refractivity contribution in [2.45, 2.75) is 32.4 Å². The van der Waals surface area contributed by atoms with Crippen LogP contribution < -0.4 is 5.32 Å². The molecule has 0 aliphatic carbocycles. The van der Waals surface area contributed by atoms with Gasteiger partial charge >= 0.3 is 0 Å². The van der Waals surface area contributed by atoms with Gasteiger partial charge in [-0.25, -0.2) is 4.39 Å². The number of hydrogen-bond donors (Lipinski definition) is 1. The third-order valence-electron chi connectivity index (χ3n) is 5.38. The van der Waals surface area contributed by atoms with Gasteiger partial charge in [-0.3, -0.25) is 9.59 Å². The topological polar surface area (TPSA) is 58.6 Å². The molecule has 154 valence electrons. The predicted octanol–water partition coefficient (Wildman–Crippen LogP) is 3.38. The quantitative estimate of drug-likeness (QED) is 0.812. The minimum atomic E-state index is -0.340. The van der Waals surface area contributed by atoms with E-state index in [0.29, 0.717) is 24.9 Å². The standard InChI is InChI=1S/C23H27FN2O3/c1-16-6-5-8-17(12-16)21-11-10-19(14-26(21)22(27)15-29-2)23(28)25-13-18-7-3-4-9-20(18)24/h3-9,12,19,21H,10-11,13-15H2,1-2H3,(H,25,28). The number of carbonyl (C=O) groups is 2. The van der Waals surface area contributed by atoms with Crippen LogP contribution in [0.2, 0.25) is 0 Å². The first kappa shape index (κ1) is 21.0. The zero-order valence-corrected chi connectivity index (χ0v) is 16.9. The molecule has 1 aliphatic heterocycles. The van der Waals surface area contributed by atoms with E-state index in [1.165, 1.54) is 13.2 Å². The molecule has 1 saturated heterocycles. The summed E-state index contributed by atoms with van der Waals surface area (Å²) in [6.45, 7) is 2.46. The molecule has 3 rings (SSSR count). The van der Waals surface area contributed by atoms with E-state index < -0.39 is 0 Å². The first-order chi connectivity index (χ1) is 14.0. The Kier molecular flexibility index (Phi) is 6.99. The zero-order chi connectivity index (χ0) is 20.8. The van der Waals surface area contributed by atoms with Gasteiger partial charge in [0.05, 0.1) is 12.0 Å². The van der Waals surface area contributed by atoms with Crippen LogP contribution in [0.4, 0.5) is 4.39 Å². The molecular weight excluding hydrogens is 371 g/mol. The van der Waals surface area contributed by atoms with Crippen LogP contribution in [-0.4, -0.2) is 37.0 Å². The number of likely N-dealkylation sites (tertiary alicyclic amines) is 1. The summed E-state index contributed by atoms with van der Waals surface area (Å²) in [6, 6.07) is 14.4. The highest BCUT2D eigenvalue weighted by Crippen LogP contribution is 2.34. The fourth-order valence-electron chi connectivity index (χ4n) is 3.86. The number of nitrogens with one attached hydrogen (secondary N) is 1. The van der Waals surface area contributed by atoms with Crippen LogP contribution in [0.15, 0.2) is 48.5 Å². The van der Waals surface area contributed by atoms with Crippen molar-refractivity contribution in [2.75, 3.05) is 20.3 Å². The summed E-state index contributed by atoms with van der Waals surface area (Å²) >= 11 is 0. The first-order valence-corrected chi connectivity index (χ1v) is 9.85. The Morgan fingerprint density at radius 2 is 1.97 bits per heavy atom. The lowest BCUT2D eigenvalue weighted by Crippen LogP contribution is -2.47. The number of amides is 2. The van der Waals surface area contributed by atoms with Gasteiger partial charge in [-0.2, -0.15) is 0 Å². The molecule has 2 amide bonds. The van der Waals surface area contributed by atoms with Crippen molar-refractivity contribution >= 4 is 11.8 Å². The van der Waals surface area contributed by atoms with Crippen molar-refractivity contribution in [3.63, 3.8) is 0 Å². The second-order valence-corrected chi connectivity index (χ2v) is 7.49. The van der Waals surface area contributed by atoms with Crippen molar-refractivity contribution in [1.82, 2.24) is 10.2 Å². The van der Waals surface area contributed by atoms with E-state index in [1.807, 2.05) is 25.1 Å². The molecule has 2 aromatic carbocycles. The maximum Gasteiger partial charge on any atom is 0.249 e. The van der Waals surface area contributed by atoms with E-state index >= 15 is 0 Å². The zero-order valence-electron chi connectivity index (χ0n) is 16.9.